The standard InChI is InChI=1S/C10H16N2/c1-3-12-10-5-4-8(2)6-9(10)7-11-12/h7-8H,3-6H2,1-2H3/t8-/m1/s1. The molecule has 0 spiro atoms. The van der Waals surface area contributed by atoms with Crippen molar-refractivity contribution in [3.63, 3.8) is 0 Å². The van der Waals surface area contributed by atoms with E-state index in [9.17, 15) is 0 Å². The van der Waals surface area contributed by atoms with Gasteiger partial charge in [-0.3, -0.25) is 4.68 Å². The fourth-order valence-corrected chi connectivity index (χ4v) is 2.04. The lowest BCUT2D eigenvalue weighted by molar-refractivity contribution is 0.479. The monoisotopic (exact) mass is 164 g/mol. The first-order valence-corrected chi connectivity index (χ1v) is 4.84. The van der Waals surface area contributed by atoms with Crippen LogP contribution in [0.5, 0.6) is 0 Å². The van der Waals surface area contributed by atoms with E-state index in [0.717, 1.165) is 12.5 Å². The van der Waals surface area contributed by atoms with Gasteiger partial charge in [-0.1, -0.05) is 6.92 Å². The summed E-state index contributed by atoms with van der Waals surface area (Å²) in [5, 5.41) is 4.37. The molecule has 0 fully saturated rings. The fraction of sp³-hybridized carbons (Fsp3) is 0.700. The molecule has 1 aromatic heterocycles. The number of rotatable bonds is 1. The van der Waals surface area contributed by atoms with Gasteiger partial charge < -0.3 is 0 Å². The first-order chi connectivity index (χ1) is 5.81. The van der Waals surface area contributed by atoms with Crippen LogP contribution < -0.4 is 0 Å². The van der Waals surface area contributed by atoms with Gasteiger partial charge in [0.2, 0.25) is 0 Å². The predicted octanol–water partition coefficient (Wildman–Crippen LogP) is 2.03. The topological polar surface area (TPSA) is 17.8 Å². The van der Waals surface area contributed by atoms with E-state index in [-0.39, 0.29) is 0 Å². The molecule has 0 amide bonds. The second-order valence-electron chi connectivity index (χ2n) is 3.78. The minimum Gasteiger partial charge on any atom is -0.270 e. The highest BCUT2D eigenvalue weighted by atomic mass is 15.3. The molecule has 0 saturated heterocycles. The minimum atomic E-state index is 0.854. The van der Waals surface area contributed by atoms with Crippen LogP contribution in [0.15, 0.2) is 6.20 Å². The molecule has 0 unspecified atom stereocenters. The van der Waals surface area contributed by atoms with Crippen molar-refractivity contribution < 1.29 is 0 Å². The second-order valence-corrected chi connectivity index (χ2v) is 3.78. The molecule has 1 aromatic rings. The van der Waals surface area contributed by atoms with Gasteiger partial charge in [0.1, 0.15) is 0 Å². The lowest BCUT2D eigenvalue weighted by atomic mass is 9.89. The quantitative estimate of drug-likeness (QED) is 0.621. The van der Waals surface area contributed by atoms with Crippen molar-refractivity contribution in [3.8, 4) is 0 Å². The normalized spacial score (nSPS) is 22.3. The molecule has 1 heterocycles. The Bertz CT molecular complexity index is 275. The van der Waals surface area contributed by atoms with Crippen LogP contribution in [-0.4, -0.2) is 9.78 Å². The molecule has 2 heteroatoms. The molecule has 0 bridgehead atoms. The van der Waals surface area contributed by atoms with Gasteiger partial charge in [0.15, 0.2) is 0 Å². The maximum absolute atomic E-state index is 4.37. The molecular formula is C10H16N2. The summed E-state index contributed by atoms with van der Waals surface area (Å²) in [6.07, 6.45) is 5.84. The third kappa shape index (κ3) is 1.15. The summed E-state index contributed by atoms with van der Waals surface area (Å²) in [5.41, 5.74) is 2.96. The number of fused-ring (bicyclic) bond motifs is 1. The van der Waals surface area contributed by atoms with E-state index in [1.165, 1.54) is 30.5 Å². The molecule has 0 radical (unpaired) electrons. The van der Waals surface area contributed by atoms with Crippen LogP contribution in [0.2, 0.25) is 0 Å². The highest BCUT2D eigenvalue weighted by Crippen LogP contribution is 2.24. The highest BCUT2D eigenvalue weighted by Gasteiger charge is 2.18. The zero-order valence-electron chi connectivity index (χ0n) is 7.88. The van der Waals surface area contributed by atoms with Crippen LogP contribution in [0.3, 0.4) is 0 Å². The minimum absolute atomic E-state index is 0.854. The van der Waals surface area contributed by atoms with Crippen LogP contribution >= 0.6 is 0 Å². The third-order valence-electron chi connectivity index (χ3n) is 2.78. The smallest absolute Gasteiger partial charge is 0.0524 e. The molecule has 66 valence electrons. The number of hydrogen-bond donors (Lipinski definition) is 0. The molecule has 2 rings (SSSR count). The van der Waals surface area contributed by atoms with Gasteiger partial charge in [0.05, 0.1) is 6.20 Å². The summed E-state index contributed by atoms with van der Waals surface area (Å²) in [4.78, 5) is 0. The molecule has 0 N–H and O–H groups in total. The number of hydrogen-bond acceptors (Lipinski definition) is 1. The molecule has 0 saturated carbocycles. The maximum Gasteiger partial charge on any atom is 0.0524 e. The third-order valence-corrected chi connectivity index (χ3v) is 2.78. The number of aryl methyl sites for hydroxylation is 1. The van der Waals surface area contributed by atoms with E-state index < -0.39 is 0 Å². The van der Waals surface area contributed by atoms with Gasteiger partial charge in [0, 0.05) is 12.2 Å². The Kier molecular flexibility index (Phi) is 1.91. The Labute approximate surface area is 73.6 Å². The molecule has 0 aromatic carbocycles. The molecule has 1 atom stereocenters. The summed E-state index contributed by atoms with van der Waals surface area (Å²) in [7, 11) is 0. The van der Waals surface area contributed by atoms with Crippen molar-refractivity contribution in [2.24, 2.45) is 5.92 Å². The van der Waals surface area contributed by atoms with Gasteiger partial charge >= 0.3 is 0 Å². The van der Waals surface area contributed by atoms with E-state index in [4.69, 9.17) is 0 Å². The number of aromatic nitrogens is 2. The Morgan fingerprint density at radius 2 is 2.50 bits per heavy atom. The molecule has 1 aliphatic carbocycles. The van der Waals surface area contributed by atoms with E-state index >= 15 is 0 Å². The van der Waals surface area contributed by atoms with E-state index in [1.54, 1.807) is 0 Å². The second kappa shape index (κ2) is 2.92. The summed E-state index contributed by atoms with van der Waals surface area (Å²) in [6, 6.07) is 0. The largest absolute Gasteiger partial charge is 0.270 e. The van der Waals surface area contributed by atoms with Crippen molar-refractivity contribution >= 4 is 0 Å². The average Bonchev–Trinajstić information content (AvgIpc) is 2.46. The summed E-state index contributed by atoms with van der Waals surface area (Å²) < 4.78 is 2.14. The van der Waals surface area contributed by atoms with Gasteiger partial charge in [-0.15, -0.1) is 0 Å². The first kappa shape index (κ1) is 7.84. The first-order valence-electron chi connectivity index (χ1n) is 4.84. The number of nitrogens with zero attached hydrogens (tertiary/aromatic N) is 2. The molecule has 0 aliphatic heterocycles. The van der Waals surface area contributed by atoms with Gasteiger partial charge in [0.25, 0.3) is 0 Å². The fourth-order valence-electron chi connectivity index (χ4n) is 2.04. The van der Waals surface area contributed by atoms with Crippen molar-refractivity contribution in [2.45, 2.75) is 39.7 Å². The molecular weight excluding hydrogens is 148 g/mol. The van der Waals surface area contributed by atoms with Gasteiger partial charge in [-0.05, 0) is 37.7 Å². The lowest BCUT2D eigenvalue weighted by Gasteiger charge is -2.18. The van der Waals surface area contributed by atoms with E-state index in [0.29, 0.717) is 0 Å². The zero-order chi connectivity index (χ0) is 8.55. The van der Waals surface area contributed by atoms with Crippen LogP contribution in [0.1, 0.15) is 31.5 Å². The Morgan fingerprint density at radius 1 is 1.67 bits per heavy atom. The predicted molar refractivity (Wildman–Crippen MR) is 49.1 cm³/mol. The van der Waals surface area contributed by atoms with E-state index in [1.807, 2.05) is 0 Å². The van der Waals surface area contributed by atoms with Crippen molar-refractivity contribution in [3.05, 3.63) is 17.5 Å². The van der Waals surface area contributed by atoms with Crippen LogP contribution in [0.25, 0.3) is 0 Å². The SMILES string of the molecule is CCn1ncc2c1CC[C@@H](C)C2. The summed E-state index contributed by atoms with van der Waals surface area (Å²) in [6.45, 7) is 5.50. The van der Waals surface area contributed by atoms with Crippen molar-refractivity contribution in [2.75, 3.05) is 0 Å². The van der Waals surface area contributed by atoms with E-state index in [2.05, 4.69) is 29.8 Å². The lowest BCUT2D eigenvalue weighted by Crippen LogP contribution is -2.13. The molecule has 12 heavy (non-hydrogen) atoms. The molecule has 1 aliphatic rings. The molecule has 2 nitrogen and oxygen atoms in total. The Hall–Kier alpha value is -0.790. The average molecular weight is 164 g/mol. The van der Waals surface area contributed by atoms with Crippen molar-refractivity contribution in [1.82, 2.24) is 9.78 Å². The summed E-state index contributed by atoms with van der Waals surface area (Å²) >= 11 is 0. The Balaban J connectivity index is 2.32. The van der Waals surface area contributed by atoms with Crippen LogP contribution in [0, 0.1) is 5.92 Å². The van der Waals surface area contributed by atoms with Gasteiger partial charge in [-0.25, -0.2) is 0 Å². The van der Waals surface area contributed by atoms with Crippen LogP contribution in [0.4, 0.5) is 0 Å². The Morgan fingerprint density at radius 3 is 3.25 bits per heavy atom. The summed E-state index contributed by atoms with van der Waals surface area (Å²) in [5.74, 6) is 0.854. The van der Waals surface area contributed by atoms with Crippen molar-refractivity contribution in [1.29, 1.82) is 0 Å². The zero-order valence-corrected chi connectivity index (χ0v) is 7.88. The van der Waals surface area contributed by atoms with Gasteiger partial charge in [-0.2, -0.15) is 5.10 Å². The highest BCUT2D eigenvalue weighted by molar-refractivity contribution is 5.21. The van der Waals surface area contributed by atoms with Crippen LogP contribution in [-0.2, 0) is 19.4 Å². The maximum atomic E-state index is 4.37.